The van der Waals surface area contributed by atoms with Crippen molar-refractivity contribution < 1.29 is 14.3 Å². The van der Waals surface area contributed by atoms with Crippen molar-refractivity contribution in [2.24, 2.45) is 0 Å². The predicted octanol–water partition coefficient (Wildman–Crippen LogP) is 2.11. The lowest BCUT2D eigenvalue weighted by Crippen LogP contribution is -2.33. The second-order valence-electron chi connectivity index (χ2n) is 5.97. The van der Waals surface area contributed by atoms with E-state index in [0.717, 1.165) is 11.4 Å². The number of hydrogen-bond acceptors (Lipinski definition) is 6. The molecule has 3 aromatic rings. The molecule has 1 aliphatic rings. The van der Waals surface area contributed by atoms with Crippen LogP contribution < -0.4 is 15.2 Å². The van der Waals surface area contributed by atoms with Crippen LogP contribution in [0.15, 0.2) is 47.3 Å². The zero-order chi connectivity index (χ0) is 18.1. The number of nitrogens with zero attached hydrogens (tertiary/aromatic N) is 2. The summed E-state index contributed by atoms with van der Waals surface area (Å²) in [6.45, 7) is 1.70. The van der Waals surface area contributed by atoms with Gasteiger partial charge in [-0.25, -0.2) is 9.78 Å². The van der Waals surface area contributed by atoms with E-state index in [9.17, 15) is 9.59 Å². The molecule has 1 aliphatic heterocycles. The molecule has 4 rings (SSSR count). The molecule has 1 aromatic heterocycles. The van der Waals surface area contributed by atoms with Gasteiger partial charge in [0.2, 0.25) is 0 Å². The lowest BCUT2D eigenvalue weighted by molar-refractivity contribution is 0.0601. The Morgan fingerprint density at radius 1 is 1.31 bits per heavy atom. The van der Waals surface area contributed by atoms with Crippen LogP contribution in [0.5, 0.6) is 5.75 Å². The average molecular weight is 351 g/mol. The monoisotopic (exact) mass is 351 g/mol. The van der Waals surface area contributed by atoms with E-state index >= 15 is 0 Å². The number of carbonyl (C=O) groups is 1. The number of ether oxygens (including phenoxy) is 2. The van der Waals surface area contributed by atoms with Gasteiger partial charge in [-0.05, 0) is 30.3 Å². The number of rotatable bonds is 3. The molecule has 0 unspecified atom stereocenters. The number of esters is 1. The number of methoxy groups -OCH3 is 1. The summed E-state index contributed by atoms with van der Waals surface area (Å²) in [5.74, 6) is 0.883. The van der Waals surface area contributed by atoms with E-state index in [-0.39, 0.29) is 5.56 Å². The van der Waals surface area contributed by atoms with Crippen molar-refractivity contribution in [3.05, 3.63) is 64.2 Å². The van der Waals surface area contributed by atoms with E-state index in [0.29, 0.717) is 42.0 Å². The first-order valence-corrected chi connectivity index (χ1v) is 8.24. The molecule has 0 fully saturated rings. The van der Waals surface area contributed by atoms with Gasteiger partial charge in [0.05, 0.1) is 42.4 Å². The second-order valence-corrected chi connectivity index (χ2v) is 5.97. The third-order valence-electron chi connectivity index (χ3n) is 4.34. The maximum Gasteiger partial charge on any atom is 0.337 e. The highest BCUT2D eigenvalue weighted by Gasteiger charge is 2.19. The van der Waals surface area contributed by atoms with Gasteiger partial charge >= 0.3 is 5.97 Å². The number of aromatic nitrogens is 2. The minimum atomic E-state index is -0.461. The summed E-state index contributed by atoms with van der Waals surface area (Å²) >= 11 is 0. The van der Waals surface area contributed by atoms with E-state index in [4.69, 9.17) is 9.47 Å². The Hall–Kier alpha value is -3.35. The molecule has 2 aromatic carbocycles. The number of fused-ring (bicyclic) bond motifs is 2. The highest BCUT2D eigenvalue weighted by molar-refractivity contribution is 5.93. The smallest absolute Gasteiger partial charge is 0.337 e. The molecule has 0 bridgehead atoms. The van der Waals surface area contributed by atoms with E-state index in [1.807, 2.05) is 24.3 Å². The first-order chi connectivity index (χ1) is 12.7. The fourth-order valence-electron chi connectivity index (χ4n) is 3.08. The summed E-state index contributed by atoms with van der Waals surface area (Å²) in [4.78, 5) is 33.6. The standard InChI is InChI=1S/C19H17N3O4/c1-25-19(24)12-6-7-13-14(10-12)20-17(21-18(13)23)11-22-8-9-26-16-5-3-2-4-15(16)22/h2-7,10H,8-9,11H2,1H3,(H,20,21,23). The van der Waals surface area contributed by atoms with Crippen LogP contribution in [-0.2, 0) is 11.3 Å². The number of para-hydroxylation sites is 2. The van der Waals surface area contributed by atoms with Gasteiger partial charge < -0.3 is 19.4 Å². The minimum absolute atomic E-state index is 0.233. The zero-order valence-corrected chi connectivity index (χ0v) is 14.2. The maximum absolute atomic E-state index is 12.4. The Labute approximate surface area is 149 Å². The molecule has 2 heterocycles. The molecule has 1 N–H and O–H groups in total. The Morgan fingerprint density at radius 2 is 2.15 bits per heavy atom. The number of anilines is 1. The van der Waals surface area contributed by atoms with Gasteiger partial charge in [0, 0.05) is 0 Å². The molecule has 0 saturated heterocycles. The van der Waals surface area contributed by atoms with Gasteiger partial charge in [0.15, 0.2) is 0 Å². The molecule has 7 heteroatoms. The van der Waals surface area contributed by atoms with E-state index in [1.54, 1.807) is 18.2 Å². The Kier molecular flexibility index (Phi) is 4.04. The molecule has 7 nitrogen and oxygen atoms in total. The molecule has 26 heavy (non-hydrogen) atoms. The molecular weight excluding hydrogens is 334 g/mol. The first-order valence-electron chi connectivity index (χ1n) is 8.24. The van der Waals surface area contributed by atoms with Crippen LogP contribution in [0, 0.1) is 0 Å². The van der Waals surface area contributed by atoms with Crippen LogP contribution in [0.25, 0.3) is 10.9 Å². The van der Waals surface area contributed by atoms with Crippen molar-refractivity contribution in [2.75, 3.05) is 25.2 Å². The van der Waals surface area contributed by atoms with Crippen molar-refractivity contribution >= 4 is 22.6 Å². The van der Waals surface area contributed by atoms with Crippen molar-refractivity contribution in [1.29, 1.82) is 0 Å². The van der Waals surface area contributed by atoms with Crippen molar-refractivity contribution in [1.82, 2.24) is 9.97 Å². The second kappa shape index (κ2) is 6.51. The van der Waals surface area contributed by atoms with Crippen LogP contribution in [0.4, 0.5) is 5.69 Å². The van der Waals surface area contributed by atoms with Crippen LogP contribution in [0.1, 0.15) is 16.2 Å². The largest absolute Gasteiger partial charge is 0.490 e. The summed E-state index contributed by atoms with van der Waals surface area (Å²) < 4.78 is 10.4. The predicted molar refractivity (Wildman–Crippen MR) is 96.7 cm³/mol. The van der Waals surface area contributed by atoms with E-state index in [2.05, 4.69) is 14.9 Å². The van der Waals surface area contributed by atoms with Crippen LogP contribution in [0.3, 0.4) is 0 Å². The number of nitrogens with one attached hydrogen (secondary N) is 1. The van der Waals surface area contributed by atoms with Gasteiger partial charge in [-0.15, -0.1) is 0 Å². The van der Waals surface area contributed by atoms with Crippen molar-refractivity contribution in [3.8, 4) is 5.75 Å². The Morgan fingerprint density at radius 3 is 3.00 bits per heavy atom. The molecule has 0 amide bonds. The van der Waals surface area contributed by atoms with Crippen molar-refractivity contribution in [3.63, 3.8) is 0 Å². The van der Waals surface area contributed by atoms with Gasteiger partial charge in [0.1, 0.15) is 18.2 Å². The van der Waals surface area contributed by atoms with Crippen LogP contribution in [-0.4, -0.2) is 36.2 Å². The molecule has 0 saturated carbocycles. The molecule has 0 atom stereocenters. The first kappa shape index (κ1) is 16.1. The summed E-state index contributed by atoms with van der Waals surface area (Å²) in [6, 6.07) is 12.5. The number of carbonyl (C=O) groups excluding carboxylic acids is 1. The molecular formula is C19H17N3O4. The lowest BCUT2D eigenvalue weighted by Gasteiger charge is -2.30. The normalized spacial score (nSPS) is 13.2. The zero-order valence-electron chi connectivity index (χ0n) is 14.2. The van der Waals surface area contributed by atoms with Crippen LogP contribution in [0.2, 0.25) is 0 Å². The number of benzene rings is 2. The fraction of sp³-hybridized carbons (Fsp3) is 0.211. The summed E-state index contributed by atoms with van der Waals surface area (Å²) in [6.07, 6.45) is 0. The Balaban J connectivity index is 1.71. The quantitative estimate of drug-likeness (QED) is 0.728. The van der Waals surface area contributed by atoms with Gasteiger partial charge in [-0.1, -0.05) is 12.1 Å². The SMILES string of the molecule is COC(=O)c1ccc2c(=O)[nH]c(CN3CCOc4ccccc43)nc2c1. The topological polar surface area (TPSA) is 84.5 Å². The molecule has 0 radical (unpaired) electrons. The van der Waals surface area contributed by atoms with Crippen molar-refractivity contribution in [2.45, 2.75) is 6.54 Å². The lowest BCUT2D eigenvalue weighted by atomic mass is 10.1. The van der Waals surface area contributed by atoms with Crippen LogP contribution >= 0.6 is 0 Å². The highest BCUT2D eigenvalue weighted by Crippen LogP contribution is 2.31. The van der Waals surface area contributed by atoms with E-state index in [1.165, 1.54) is 7.11 Å². The van der Waals surface area contributed by atoms with Gasteiger partial charge in [-0.3, -0.25) is 4.79 Å². The maximum atomic E-state index is 12.4. The fourth-order valence-corrected chi connectivity index (χ4v) is 3.08. The third-order valence-corrected chi connectivity index (χ3v) is 4.34. The number of aromatic amines is 1. The Bertz CT molecular complexity index is 1040. The molecule has 132 valence electrons. The average Bonchev–Trinajstić information content (AvgIpc) is 2.67. The summed E-state index contributed by atoms with van der Waals surface area (Å²) in [5.41, 5.74) is 1.56. The molecule has 0 spiro atoms. The number of H-pyrrole nitrogens is 1. The minimum Gasteiger partial charge on any atom is -0.490 e. The summed E-state index contributed by atoms with van der Waals surface area (Å²) in [7, 11) is 1.32. The molecule has 0 aliphatic carbocycles. The highest BCUT2D eigenvalue weighted by atomic mass is 16.5. The van der Waals surface area contributed by atoms with E-state index < -0.39 is 5.97 Å². The number of hydrogen-bond donors (Lipinski definition) is 1. The van der Waals surface area contributed by atoms with Gasteiger partial charge in [-0.2, -0.15) is 0 Å². The third kappa shape index (κ3) is 2.88. The summed E-state index contributed by atoms with van der Waals surface area (Å²) in [5, 5.41) is 0.434. The van der Waals surface area contributed by atoms with Gasteiger partial charge in [0.25, 0.3) is 5.56 Å².